The topological polar surface area (TPSA) is 26.0 Å². The normalized spacial score (nSPS) is 32.1. The maximum absolute atomic E-state index is 13.1. The Morgan fingerprint density at radius 3 is 2.80 bits per heavy atom. The van der Waals surface area contributed by atoms with E-state index in [2.05, 4.69) is 0 Å². The average Bonchev–Trinajstić information content (AvgIpc) is 2.36. The fourth-order valence-electron chi connectivity index (χ4n) is 1.23. The number of hydrogen-bond donors (Lipinski definition) is 1. The third-order valence-corrected chi connectivity index (χ3v) is 3.11. The number of halogens is 1. The molecule has 1 nitrogen and oxygen atoms in total. The second-order valence-corrected chi connectivity index (χ2v) is 4.08. The van der Waals surface area contributed by atoms with Gasteiger partial charge in [0.05, 0.1) is 0 Å². The van der Waals surface area contributed by atoms with Crippen LogP contribution in [-0.2, 0) is 0 Å². The molecule has 0 aliphatic carbocycles. The van der Waals surface area contributed by atoms with Gasteiger partial charge in [-0.2, -0.15) is 11.8 Å². The van der Waals surface area contributed by atoms with Gasteiger partial charge in [-0.15, -0.1) is 0 Å². The lowest BCUT2D eigenvalue weighted by Gasteiger charge is -2.17. The Labute approximate surface area is 65.6 Å². The molecule has 1 saturated heterocycles. The predicted octanol–water partition coefficient (Wildman–Crippen LogP) is 1.42. The molecular weight excluding hydrogens is 149 g/mol. The van der Waals surface area contributed by atoms with Crippen LogP contribution in [0.5, 0.6) is 0 Å². The van der Waals surface area contributed by atoms with Gasteiger partial charge in [-0.3, -0.25) is 0 Å². The smallest absolute Gasteiger partial charge is 0.118 e. The van der Waals surface area contributed by atoms with Gasteiger partial charge in [-0.05, 0) is 24.9 Å². The summed E-state index contributed by atoms with van der Waals surface area (Å²) in [7, 11) is 0. The second kappa shape index (κ2) is 3.58. The largest absolute Gasteiger partial charge is 0.325 e. The number of rotatable bonds is 2. The van der Waals surface area contributed by atoms with Crippen molar-refractivity contribution in [1.82, 2.24) is 0 Å². The first-order valence-electron chi connectivity index (χ1n) is 3.69. The highest BCUT2D eigenvalue weighted by atomic mass is 32.2. The van der Waals surface area contributed by atoms with Crippen LogP contribution in [0.3, 0.4) is 0 Å². The van der Waals surface area contributed by atoms with Crippen molar-refractivity contribution in [2.24, 2.45) is 11.7 Å². The third kappa shape index (κ3) is 1.86. The van der Waals surface area contributed by atoms with Crippen molar-refractivity contribution in [1.29, 1.82) is 0 Å². The molecule has 10 heavy (non-hydrogen) atoms. The number of thioether (sulfide) groups is 1. The van der Waals surface area contributed by atoms with Gasteiger partial charge in [0.25, 0.3) is 0 Å². The zero-order valence-electron chi connectivity index (χ0n) is 6.22. The Bertz CT molecular complexity index is 102. The van der Waals surface area contributed by atoms with Gasteiger partial charge in [-0.25, -0.2) is 4.39 Å². The summed E-state index contributed by atoms with van der Waals surface area (Å²) < 4.78 is 13.1. The Morgan fingerprint density at radius 1 is 1.70 bits per heavy atom. The lowest BCUT2D eigenvalue weighted by Crippen LogP contribution is -2.34. The summed E-state index contributed by atoms with van der Waals surface area (Å²) in [5.41, 5.74) is 5.43. The molecule has 1 aliphatic heterocycles. The maximum atomic E-state index is 13.1. The van der Waals surface area contributed by atoms with Crippen LogP contribution in [0.15, 0.2) is 0 Å². The summed E-state index contributed by atoms with van der Waals surface area (Å²) in [5, 5.41) is 0. The van der Waals surface area contributed by atoms with Crippen LogP contribution in [0.2, 0.25) is 0 Å². The summed E-state index contributed by atoms with van der Waals surface area (Å²) in [6.07, 6.45) is 0.225. The Balaban J connectivity index is 2.32. The number of hydrogen-bond acceptors (Lipinski definition) is 2. The molecule has 60 valence electrons. The van der Waals surface area contributed by atoms with E-state index in [0.29, 0.717) is 0 Å². The van der Waals surface area contributed by atoms with Gasteiger partial charge in [0, 0.05) is 12.0 Å². The standard InChI is InChI=1S/C7H14FNS/c1-5(9)7(8)6-2-3-10-4-6/h5-7H,2-4,9H2,1H3. The van der Waals surface area contributed by atoms with Crippen molar-refractivity contribution in [2.75, 3.05) is 11.5 Å². The van der Waals surface area contributed by atoms with Crippen LogP contribution in [0, 0.1) is 5.92 Å². The maximum Gasteiger partial charge on any atom is 0.118 e. The quantitative estimate of drug-likeness (QED) is 0.666. The minimum atomic E-state index is -0.782. The van der Waals surface area contributed by atoms with Crippen LogP contribution >= 0.6 is 11.8 Å². The van der Waals surface area contributed by atoms with E-state index in [-0.39, 0.29) is 12.0 Å². The minimum absolute atomic E-state index is 0.227. The van der Waals surface area contributed by atoms with Gasteiger partial charge < -0.3 is 5.73 Å². The molecule has 0 aromatic rings. The van der Waals surface area contributed by atoms with E-state index in [0.717, 1.165) is 17.9 Å². The molecule has 3 heteroatoms. The molecule has 0 aromatic carbocycles. The first kappa shape index (κ1) is 8.34. The summed E-state index contributed by atoms with van der Waals surface area (Å²) >= 11 is 1.83. The molecule has 3 atom stereocenters. The van der Waals surface area contributed by atoms with Crippen molar-refractivity contribution in [3.63, 3.8) is 0 Å². The van der Waals surface area contributed by atoms with E-state index in [1.165, 1.54) is 0 Å². The lowest BCUT2D eigenvalue weighted by molar-refractivity contribution is 0.214. The molecule has 3 unspecified atom stereocenters. The molecule has 0 radical (unpaired) electrons. The Hall–Kier alpha value is 0.240. The molecule has 0 saturated carbocycles. The molecule has 1 fully saturated rings. The molecule has 0 aromatic heterocycles. The van der Waals surface area contributed by atoms with Gasteiger partial charge in [0.15, 0.2) is 0 Å². The van der Waals surface area contributed by atoms with Crippen molar-refractivity contribution in [3.05, 3.63) is 0 Å². The lowest BCUT2D eigenvalue weighted by atomic mass is 9.99. The summed E-state index contributed by atoms with van der Waals surface area (Å²) in [6, 6.07) is -0.288. The van der Waals surface area contributed by atoms with E-state index in [9.17, 15) is 4.39 Å². The average molecular weight is 163 g/mol. The number of alkyl halides is 1. The molecule has 1 heterocycles. The predicted molar refractivity (Wildman–Crippen MR) is 44.0 cm³/mol. The molecule has 0 amide bonds. The molecule has 2 N–H and O–H groups in total. The first-order chi connectivity index (χ1) is 4.72. The van der Waals surface area contributed by atoms with Crippen LogP contribution in [-0.4, -0.2) is 23.7 Å². The first-order valence-corrected chi connectivity index (χ1v) is 4.84. The summed E-state index contributed by atoms with van der Waals surface area (Å²) in [6.45, 7) is 1.74. The summed E-state index contributed by atoms with van der Waals surface area (Å²) in [5.74, 6) is 2.30. The van der Waals surface area contributed by atoms with E-state index in [1.807, 2.05) is 11.8 Å². The van der Waals surface area contributed by atoms with Crippen LogP contribution in [0.25, 0.3) is 0 Å². The fourth-order valence-corrected chi connectivity index (χ4v) is 2.52. The highest BCUT2D eigenvalue weighted by molar-refractivity contribution is 7.99. The van der Waals surface area contributed by atoms with Crippen molar-refractivity contribution in [2.45, 2.75) is 25.6 Å². The zero-order chi connectivity index (χ0) is 7.56. The zero-order valence-corrected chi connectivity index (χ0v) is 7.03. The molecule has 0 spiro atoms. The number of nitrogens with two attached hydrogens (primary N) is 1. The third-order valence-electron chi connectivity index (χ3n) is 1.92. The molecular formula is C7H14FNS. The molecule has 1 aliphatic rings. The van der Waals surface area contributed by atoms with Gasteiger partial charge in [-0.1, -0.05) is 0 Å². The molecule has 1 rings (SSSR count). The van der Waals surface area contributed by atoms with Crippen LogP contribution in [0.1, 0.15) is 13.3 Å². The molecule has 0 bridgehead atoms. The van der Waals surface area contributed by atoms with Crippen LogP contribution in [0.4, 0.5) is 4.39 Å². The SMILES string of the molecule is CC(N)C(F)C1CCSC1. The second-order valence-electron chi connectivity index (χ2n) is 2.93. The Morgan fingerprint density at radius 2 is 2.40 bits per heavy atom. The van der Waals surface area contributed by atoms with Crippen molar-refractivity contribution in [3.8, 4) is 0 Å². The highest BCUT2D eigenvalue weighted by Gasteiger charge is 2.27. The highest BCUT2D eigenvalue weighted by Crippen LogP contribution is 2.28. The van der Waals surface area contributed by atoms with Gasteiger partial charge >= 0.3 is 0 Å². The Kier molecular flexibility index (Phi) is 2.98. The fraction of sp³-hybridized carbons (Fsp3) is 1.00. The van der Waals surface area contributed by atoms with Gasteiger partial charge in [0.1, 0.15) is 6.17 Å². The van der Waals surface area contributed by atoms with E-state index >= 15 is 0 Å². The van der Waals surface area contributed by atoms with Gasteiger partial charge in [0.2, 0.25) is 0 Å². The summed E-state index contributed by atoms with van der Waals surface area (Å²) in [4.78, 5) is 0. The van der Waals surface area contributed by atoms with Crippen molar-refractivity contribution >= 4 is 11.8 Å². The van der Waals surface area contributed by atoms with Crippen LogP contribution < -0.4 is 5.73 Å². The minimum Gasteiger partial charge on any atom is -0.325 e. The van der Waals surface area contributed by atoms with Crippen molar-refractivity contribution < 1.29 is 4.39 Å². The van der Waals surface area contributed by atoms with E-state index < -0.39 is 6.17 Å². The monoisotopic (exact) mass is 163 g/mol. The van der Waals surface area contributed by atoms with E-state index in [4.69, 9.17) is 5.73 Å². The van der Waals surface area contributed by atoms with E-state index in [1.54, 1.807) is 6.92 Å².